The highest BCUT2D eigenvalue weighted by Crippen LogP contribution is 2.31. The number of benzene rings is 3. The van der Waals surface area contributed by atoms with Crippen LogP contribution in [0.2, 0.25) is 0 Å². The number of fused-ring (bicyclic) bond motifs is 1. The first kappa shape index (κ1) is 22.6. The number of halogens is 1. The lowest BCUT2D eigenvalue weighted by Gasteiger charge is -2.39. The predicted molar refractivity (Wildman–Crippen MR) is 132 cm³/mol. The summed E-state index contributed by atoms with van der Waals surface area (Å²) >= 11 is 0. The topological polar surface area (TPSA) is 32.8 Å². The minimum Gasteiger partial charge on any atom is -0.496 e. The Morgan fingerprint density at radius 1 is 1.00 bits per heavy atom. The molecule has 1 fully saturated rings. The average molecular weight is 459 g/mol. The Morgan fingerprint density at radius 2 is 1.79 bits per heavy atom. The minimum atomic E-state index is -0.283. The van der Waals surface area contributed by atoms with Gasteiger partial charge in [-0.25, -0.2) is 4.39 Å². The number of ether oxygens (including phenoxy) is 1. The zero-order valence-electron chi connectivity index (χ0n) is 19.7. The molecule has 2 aliphatic rings. The highest BCUT2D eigenvalue weighted by atomic mass is 19.1. The molecular formula is C29H31FN2O2. The molecule has 4 nitrogen and oxygen atoms in total. The Kier molecular flexibility index (Phi) is 6.63. The molecule has 1 amide bonds. The van der Waals surface area contributed by atoms with E-state index in [-0.39, 0.29) is 17.8 Å². The van der Waals surface area contributed by atoms with Crippen molar-refractivity contribution in [1.82, 2.24) is 9.80 Å². The second-order valence-electron chi connectivity index (χ2n) is 9.30. The van der Waals surface area contributed by atoms with Crippen LogP contribution in [0.15, 0.2) is 66.7 Å². The first-order valence-corrected chi connectivity index (χ1v) is 12.1. The smallest absolute Gasteiger partial charge is 0.240 e. The van der Waals surface area contributed by atoms with Crippen molar-refractivity contribution in [2.45, 2.75) is 44.8 Å². The summed E-state index contributed by atoms with van der Waals surface area (Å²) < 4.78 is 19.2. The van der Waals surface area contributed by atoms with Gasteiger partial charge in [0.15, 0.2) is 0 Å². The number of amides is 1. The SMILES string of the molecule is COc1ccc(F)cc1-c1ccc(CN2CCCCC2C(=O)N2CCc3ccccc3C2)cc1. The number of methoxy groups -OCH3 is 1. The number of carbonyl (C=O) groups is 1. The number of hydrogen-bond donors (Lipinski definition) is 0. The van der Waals surface area contributed by atoms with Crippen molar-refractivity contribution in [1.29, 1.82) is 0 Å². The van der Waals surface area contributed by atoms with Crippen LogP contribution in [0.25, 0.3) is 11.1 Å². The molecule has 5 heteroatoms. The van der Waals surface area contributed by atoms with Gasteiger partial charge in [-0.3, -0.25) is 9.69 Å². The molecule has 0 N–H and O–H groups in total. The Morgan fingerprint density at radius 3 is 2.59 bits per heavy atom. The molecule has 0 spiro atoms. The summed E-state index contributed by atoms with van der Waals surface area (Å²) in [5, 5.41) is 0. The first-order chi connectivity index (χ1) is 16.6. The second kappa shape index (κ2) is 9.98. The molecule has 34 heavy (non-hydrogen) atoms. The summed E-state index contributed by atoms with van der Waals surface area (Å²) in [7, 11) is 1.60. The van der Waals surface area contributed by atoms with Gasteiger partial charge in [-0.1, -0.05) is 55.0 Å². The maximum atomic E-state index is 13.8. The third kappa shape index (κ3) is 4.71. The number of hydrogen-bond acceptors (Lipinski definition) is 3. The van der Waals surface area contributed by atoms with E-state index in [2.05, 4.69) is 41.3 Å². The lowest BCUT2D eigenvalue weighted by Crippen LogP contribution is -2.51. The number of nitrogens with zero attached hydrogens (tertiary/aromatic N) is 2. The van der Waals surface area contributed by atoms with Crippen molar-refractivity contribution in [3.63, 3.8) is 0 Å². The molecule has 0 radical (unpaired) electrons. The molecule has 0 bridgehead atoms. The van der Waals surface area contributed by atoms with Crippen LogP contribution in [0.4, 0.5) is 4.39 Å². The minimum absolute atomic E-state index is 0.0676. The first-order valence-electron chi connectivity index (χ1n) is 12.1. The molecule has 2 aliphatic heterocycles. The lowest BCUT2D eigenvalue weighted by atomic mass is 9.96. The quantitative estimate of drug-likeness (QED) is 0.510. The van der Waals surface area contributed by atoms with Crippen molar-refractivity contribution in [3.05, 3.63) is 89.2 Å². The molecule has 3 aromatic carbocycles. The van der Waals surface area contributed by atoms with E-state index >= 15 is 0 Å². The van der Waals surface area contributed by atoms with Gasteiger partial charge in [0.2, 0.25) is 5.91 Å². The summed E-state index contributed by atoms with van der Waals surface area (Å²) in [6.45, 7) is 3.18. The molecule has 1 saturated heterocycles. The summed E-state index contributed by atoms with van der Waals surface area (Å²) in [5.74, 6) is 0.629. The van der Waals surface area contributed by atoms with Crippen LogP contribution in [0.3, 0.4) is 0 Å². The van der Waals surface area contributed by atoms with Crippen LogP contribution >= 0.6 is 0 Å². The van der Waals surface area contributed by atoms with E-state index in [9.17, 15) is 9.18 Å². The fraction of sp³-hybridized carbons (Fsp3) is 0.345. The van der Waals surface area contributed by atoms with Gasteiger partial charge < -0.3 is 9.64 Å². The fourth-order valence-electron chi connectivity index (χ4n) is 5.28. The molecule has 176 valence electrons. The van der Waals surface area contributed by atoms with Crippen LogP contribution in [0.5, 0.6) is 5.75 Å². The zero-order valence-corrected chi connectivity index (χ0v) is 19.7. The summed E-state index contributed by atoms with van der Waals surface area (Å²) in [5.41, 5.74) is 5.45. The molecule has 3 aromatic rings. The molecule has 0 aromatic heterocycles. The molecule has 1 unspecified atom stereocenters. The highest BCUT2D eigenvalue weighted by Gasteiger charge is 2.33. The number of likely N-dealkylation sites (tertiary alicyclic amines) is 1. The molecule has 0 saturated carbocycles. The van der Waals surface area contributed by atoms with Gasteiger partial charge in [-0.15, -0.1) is 0 Å². The van der Waals surface area contributed by atoms with Crippen LogP contribution in [0, 0.1) is 5.82 Å². The van der Waals surface area contributed by atoms with Crippen LogP contribution < -0.4 is 4.74 Å². The van der Waals surface area contributed by atoms with E-state index in [0.717, 1.165) is 62.0 Å². The lowest BCUT2D eigenvalue weighted by molar-refractivity contribution is -0.139. The normalized spacial score (nSPS) is 18.4. The number of carbonyl (C=O) groups excluding carboxylic acids is 1. The van der Waals surface area contributed by atoms with Gasteiger partial charge in [-0.2, -0.15) is 0 Å². The van der Waals surface area contributed by atoms with Crippen LogP contribution in [0.1, 0.15) is 36.0 Å². The standard InChI is InChI=1S/C29H31FN2O2/c1-34-28-14-13-25(30)18-26(28)23-11-9-21(10-12-23)19-31-16-5-4-8-27(31)29(33)32-17-15-22-6-2-3-7-24(22)20-32/h2-3,6-7,9-14,18,27H,4-5,8,15-17,19-20H2,1H3. The van der Waals surface area contributed by atoms with Crippen molar-refractivity contribution >= 4 is 5.91 Å². The van der Waals surface area contributed by atoms with Gasteiger partial charge in [-0.05, 0) is 66.3 Å². The van der Waals surface area contributed by atoms with Gasteiger partial charge >= 0.3 is 0 Å². The third-order valence-corrected chi connectivity index (χ3v) is 7.15. The van der Waals surface area contributed by atoms with Crippen molar-refractivity contribution in [2.75, 3.05) is 20.2 Å². The van der Waals surface area contributed by atoms with Crippen molar-refractivity contribution in [2.24, 2.45) is 0 Å². The van der Waals surface area contributed by atoms with E-state index < -0.39 is 0 Å². The summed E-state index contributed by atoms with van der Waals surface area (Å²) in [6.07, 6.45) is 4.05. The average Bonchev–Trinajstić information content (AvgIpc) is 2.89. The summed E-state index contributed by atoms with van der Waals surface area (Å²) in [6, 6.07) is 21.1. The fourth-order valence-corrected chi connectivity index (χ4v) is 5.28. The largest absolute Gasteiger partial charge is 0.496 e. The second-order valence-corrected chi connectivity index (χ2v) is 9.30. The highest BCUT2D eigenvalue weighted by molar-refractivity contribution is 5.82. The van der Waals surface area contributed by atoms with E-state index in [1.165, 1.54) is 23.3 Å². The zero-order chi connectivity index (χ0) is 23.5. The van der Waals surface area contributed by atoms with Gasteiger partial charge in [0.25, 0.3) is 0 Å². The third-order valence-electron chi connectivity index (χ3n) is 7.15. The van der Waals surface area contributed by atoms with E-state index in [4.69, 9.17) is 4.74 Å². The monoisotopic (exact) mass is 458 g/mol. The Balaban J connectivity index is 1.30. The molecular weight excluding hydrogens is 427 g/mol. The van der Waals surface area contributed by atoms with Gasteiger partial charge in [0, 0.05) is 25.2 Å². The predicted octanol–water partition coefficient (Wildman–Crippen LogP) is 5.44. The molecule has 2 heterocycles. The van der Waals surface area contributed by atoms with Gasteiger partial charge in [0.1, 0.15) is 11.6 Å². The Bertz CT molecular complexity index is 1160. The molecule has 0 aliphatic carbocycles. The Labute approximate surface area is 201 Å². The maximum Gasteiger partial charge on any atom is 0.240 e. The van der Waals surface area contributed by atoms with Crippen molar-refractivity contribution in [3.8, 4) is 16.9 Å². The van der Waals surface area contributed by atoms with E-state index in [1.807, 2.05) is 17.0 Å². The van der Waals surface area contributed by atoms with E-state index in [0.29, 0.717) is 12.3 Å². The number of rotatable bonds is 5. The van der Waals surface area contributed by atoms with Crippen LogP contribution in [-0.2, 0) is 24.3 Å². The van der Waals surface area contributed by atoms with E-state index in [1.54, 1.807) is 13.2 Å². The molecule has 5 rings (SSSR count). The Hall–Kier alpha value is -3.18. The number of piperidine rings is 1. The summed E-state index contributed by atoms with van der Waals surface area (Å²) in [4.78, 5) is 17.9. The van der Waals surface area contributed by atoms with Crippen LogP contribution in [-0.4, -0.2) is 41.9 Å². The van der Waals surface area contributed by atoms with Gasteiger partial charge in [0.05, 0.1) is 13.2 Å². The van der Waals surface area contributed by atoms with Crippen molar-refractivity contribution < 1.29 is 13.9 Å². The molecule has 1 atom stereocenters. The maximum absolute atomic E-state index is 13.8.